The van der Waals surface area contributed by atoms with Crippen molar-refractivity contribution in [3.05, 3.63) is 35.4 Å². The van der Waals surface area contributed by atoms with Crippen molar-refractivity contribution in [3.63, 3.8) is 0 Å². The molecule has 0 fully saturated rings. The molecule has 96 valence electrons. The number of aromatic hydroxyl groups is 1. The van der Waals surface area contributed by atoms with Crippen molar-refractivity contribution >= 4 is 28.1 Å². The standard InChI is InChI=1S/C14H15NO.CH3Cl/c1-8-4-3-5-10-13(16)7-12-11(14(8)10)6-9(2)15-12;1-2/h3-5,7,9,15-16H,6H2,1-2H3;1H3/t9-;/m0./s1. The lowest BCUT2D eigenvalue weighted by Gasteiger charge is -2.09. The Balaban J connectivity index is 0.000000574. The van der Waals surface area contributed by atoms with Crippen LogP contribution in [0.25, 0.3) is 10.8 Å². The number of alkyl halides is 1. The van der Waals surface area contributed by atoms with Crippen molar-refractivity contribution in [2.45, 2.75) is 26.3 Å². The van der Waals surface area contributed by atoms with Gasteiger partial charge in [-0.3, -0.25) is 0 Å². The fourth-order valence-electron chi connectivity index (χ4n) is 2.68. The second-order valence-electron chi connectivity index (χ2n) is 4.67. The maximum Gasteiger partial charge on any atom is 0.125 e. The first-order chi connectivity index (χ1) is 8.66. The average Bonchev–Trinajstić information content (AvgIpc) is 2.72. The van der Waals surface area contributed by atoms with Crippen molar-refractivity contribution in [2.24, 2.45) is 0 Å². The highest BCUT2D eigenvalue weighted by Gasteiger charge is 2.21. The SMILES string of the molecule is CCl.Cc1cccc2c(O)cc3c(c12)C[C@H](C)N3. The molecular weight excluding hydrogens is 246 g/mol. The van der Waals surface area contributed by atoms with Gasteiger partial charge in [-0.25, -0.2) is 0 Å². The maximum absolute atomic E-state index is 10.0. The number of hydrogen-bond acceptors (Lipinski definition) is 2. The third-order valence-corrected chi connectivity index (χ3v) is 3.37. The molecule has 2 nitrogen and oxygen atoms in total. The molecule has 0 radical (unpaired) electrons. The summed E-state index contributed by atoms with van der Waals surface area (Å²) in [6.07, 6.45) is 2.51. The quantitative estimate of drug-likeness (QED) is 0.703. The summed E-state index contributed by atoms with van der Waals surface area (Å²) >= 11 is 4.64. The first kappa shape index (κ1) is 13.0. The zero-order valence-corrected chi connectivity index (χ0v) is 11.7. The van der Waals surface area contributed by atoms with Crippen molar-refractivity contribution in [1.82, 2.24) is 0 Å². The Kier molecular flexibility index (Phi) is 3.67. The largest absolute Gasteiger partial charge is 0.507 e. The molecule has 0 aromatic heterocycles. The number of hydrogen-bond donors (Lipinski definition) is 2. The highest BCUT2D eigenvalue weighted by molar-refractivity contribution is 6.15. The summed E-state index contributed by atoms with van der Waals surface area (Å²) in [5.74, 6) is 0.374. The number of anilines is 1. The Morgan fingerprint density at radius 3 is 2.78 bits per heavy atom. The normalized spacial score (nSPS) is 16.8. The average molecular weight is 264 g/mol. The lowest BCUT2D eigenvalue weighted by molar-refractivity contribution is 0.482. The molecule has 1 heterocycles. The van der Waals surface area contributed by atoms with E-state index in [4.69, 9.17) is 0 Å². The van der Waals surface area contributed by atoms with E-state index in [-0.39, 0.29) is 0 Å². The Morgan fingerprint density at radius 2 is 2.06 bits per heavy atom. The number of phenolic OH excluding ortho intramolecular Hbond substituents is 1. The lowest BCUT2D eigenvalue weighted by atomic mass is 9.97. The number of nitrogens with one attached hydrogen (secondary N) is 1. The first-order valence-electron chi connectivity index (χ1n) is 6.05. The smallest absolute Gasteiger partial charge is 0.125 e. The number of fused-ring (bicyclic) bond motifs is 3. The van der Waals surface area contributed by atoms with Gasteiger partial charge in [0.05, 0.1) is 0 Å². The maximum atomic E-state index is 10.0. The van der Waals surface area contributed by atoms with E-state index >= 15 is 0 Å². The summed E-state index contributed by atoms with van der Waals surface area (Å²) in [6, 6.07) is 8.39. The van der Waals surface area contributed by atoms with E-state index in [9.17, 15) is 5.11 Å². The van der Waals surface area contributed by atoms with Crippen LogP contribution in [0.15, 0.2) is 24.3 Å². The topological polar surface area (TPSA) is 32.3 Å². The van der Waals surface area contributed by atoms with Gasteiger partial charge in [0.25, 0.3) is 0 Å². The molecule has 1 atom stereocenters. The molecule has 3 rings (SSSR count). The third kappa shape index (κ3) is 2.01. The Morgan fingerprint density at radius 1 is 1.33 bits per heavy atom. The molecule has 3 heteroatoms. The van der Waals surface area contributed by atoms with E-state index in [2.05, 4.69) is 36.8 Å². The molecule has 0 saturated heterocycles. The minimum Gasteiger partial charge on any atom is -0.507 e. The molecule has 2 aromatic carbocycles. The van der Waals surface area contributed by atoms with E-state index in [0.29, 0.717) is 11.8 Å². The molecule has 0 unspecified atom stereocenters. The summed E-state index contributed by atoms with van der Waals surface area (Å²) in [4.78, 5) is 0. The van der Waals surface area contributed by atoms with Gasteiger partial charge in [0.1, 0.15) is 5.75 Å². The van der Waals surface area contributed by atoms with E-state index in [1.165, 1.54) is 22.9 Å². The number of rotatable bonds is 0. The fourth-order valence-corrected chi connectivity index (χ4v) is 2.68. The van der Waals surface area contributed by atoms with Gasteiger partial charge in [-0.05, 0) is 36.8 Å². The Labute approximate surface area is 113 Å². The zero-order chi connectivity index (χ0) is 13.3. The minimum atomic E-state index is 0.374. The monoisotopic (exact) mass is 263 g/mol. The van der Waals surface area contributed by atoms with Gasteiger partial charge in [-0.15, -0.1) is 11.6 Å². The minimum absolute atomic E-state index is 0.374. The van der Waals surface area contributed by atoms with Crippen molar-refractivity contribution in [1.29, 1.82) is 0 Å². The molecule has 2 N–H and O–H groups in total. The summed E-state index contributed by atoms with van der Waals surface area (Å²) in [6.45, 7) is 4.27. The second-order valence-corrected chi connectivity index (χ2v) is 4.67. The molecule has 0 spiro atoms. The van der Waals surface area contributed by atoms with Crippen LogP contribution >= 0.6 is 11.6 Å². The molecule has 1 aliphatic rings. The Hall–Kier alpha value is -1.41. The summed E-state index contributed by atoms with van der Waals surface area (Å²) in [5, 5.41) is 15.6. The van der Waals surface area contributed by atoms with Crippen LogP contribution in [0.3, 0.4) is 0 Å². The molecule has 0 saturated carbocycles. The third-order valence-electron chi connectivity index (χ3n) is 3.37. The van der Waals surface area contributed by atoms with Crippen LogP contribution in [0.5, 0.6) is 5.75 Å². The summed E-state index contributed by atoms with van der Waals surface area (Å²) in [7, 11) is 0. The fraction of sp³-hybridized carbons (Fsp3) is 0.333. The van der Waals surface area contributed by atoms with E-state index in [1.807, 2.05) is 18.2 Å². The summed E-state index contributed by atoms with van der Waals surface area (Å²) < 4.78 is 0. The number of aryl methyl sites for hydroxylation is 1. The molecule has 0 bridgehead atoms. The van der Waals surface area contributed by atoms with E-state index in [1.54, 1.807) is 0 Å². The highest BCUT2D eigenvalue weighted by Crippen LogP contribution is 2.39. The zero-order valence-electron chi connectivity index (χ0n) is 10.9. The lowest BCUT2D eigenvalue weighted by Crippen LogP contribution is -2.08. The van der Waals surface area contributed by atoms with Crippen LogP contribution in [0, 0.1) is 6.92 Å². The number of phenols is 1. The van der Waals surface area contributed by atoms with Gasteiger partial charge in [0, 0.05) is 29.6 Å². The van der Waals surface area contributed by atoms with Gasteiger partial charge in [0.2, 0.25) is 0 Å². The molecule has 18 heavy (non-hydrogen) atoms. The van der Waals surface area contributed by atoms with Gasteiger partial charge < -0.3 is 10.4 Å². The molecular formula is C15H18ClNO. The predicted molar refractivity (Wildman–Crippen MR) is 78.9 cm³/mol. The summed E-state index contributed by atoms with van der Waals surface area (Å²) in [5.41, 5.74) is 3.67. The van der Waals surface area contributed by atoms with Crippen LogP contribution in [0.1, 0.15) is 18.1 Å². The second kappa shape index (κ2) is 5.07. The van der Waals surface area contributed by atoms with Crippen LogP contribution < -0.4 is 5.32 Å². The van der Waals surface area contributed by atoms with Gasteiger partial charge in [-0.1, -0.05) is 18.2 Å². The highest BCUT2D eigenvalue weighted by atomic mass is 35.5. The van der Waals surface area contributed by atoms with Crippen LogP contribution in [0.4, 0.5) is 5.69 Å². The first-order valence-corrected chi connectivity index (χ1v) is 6.81. The van der Waals surface area contributed by atoms with Crippen molar-refractivity contribution in [2.75, 3.05) is 11.7 Å². The molecule has 1 aliphatic heterocycles. The van der Waals surface area contributed by atoms with Crippen molar-refractivity contribution < 1.29 is 5.11 Å². The number of benzene rings is 2. The van der Waals surface area contributed by atoms with Crippen LogP contribution in [-0.4, -0.2) is 17.5 Å². The van der Waals surface area contributed by atoms with E-state index in [0.717, 1.165) is 17.5 Å². The number of halogens is 1. The molecule has 2 aromatic rings. The molecule has 0 aliphatic carbocycles. The van der Waals surface area contributed by atoms with Gasteiger partial charge >= 0.3 is 0 Å². The predicted octanol–water partition coefficient (Wildman–Crippen LogP) is 4.07. The van der Waals surface area contributed by atoms with E-state index < -0.39 is 0 Å². The van der Waals surface area contributed by atoms with Gasteiger partial charge in [-0.2, -0.15) is 0 Å². The Bertz CT molecular complexity index is 580. The molecule has 0 amide bonds. The van der Waals surface area contributed by atoms with Crippen LogP contribution in [-0.2, 0) is 6.42 Å². The van der Waals surface area contributed by atoms with Gasteiger partial charge in [0.15, 0.2) is 0 Å². The van der Waals surface area contributed by atoms with Crippen molar-refractivity contribution in [3.8, 4) is 5.75 Å². The van der Waals surface area contributed by atoms with Crippen LogP contribution in [0.2, 0.25) is 0 Å².